The number of carbonyl (C=O) groups excluding carboxylic acids is 1. The highest BCUT2D eigenvalue weighted by molar-refractivity contribution is 5.74. The van der Waals surface area contributed by atoms with Crippen molar-refractivity contribution in [1.82, 2.24) is 10.6 Å². The number of hydrogen-bond donors (Lipinski definition) is 3. The Morgan fingerprint density at radius 2 is 1.91 bits per heavy atom. The number of urea groups is 1. The molecule has 4 heteroatoms. The molecule has 1 aromatic rings. The highest BCUT2D eigenvalue weighted by Gasteiger charge is 2.19. The van der Waals surface area contributed by atoms with Crippen LogP contribution in [0.1, 0.15) is 38.3 Å². The maximum absolute atomic E-state index is 11.9. The molecule has 1 aromatic carbocycles. The number of hydrogen-bond acceptors (Lipinski definition) is 2. The molecule has 120 valence electrons. The number of rotatable bonds is 4. The molecule has 1 aliphatic carbocycles. The van der Waals surface area contributed by atoms with E-state index in [1.54, 1.807) is 0 Å². The zero-order chi connectivity index (χ0) is 16.2. The van der Waals surface area contributed by atoms with Gasteiger partial charge in [0.2, 0.25) is 0 Å². The summed E-state index contributed by atoms with van der Waals surface area (Å²) >= 11 is 0. The van der Waals surface area contributed by atoms with Crippen LogP contribution in [-0.4, -0.2) is 23.8 Å². The van der Waals surface area contributed by atoms with E-state index in [0.29, 0.717) is 6.54 Å². The molecular weight excluding hydrogens is 276 g/mol. The number of aliphatic hydroxyl groups excluding tert-OH is 1. The molecule has 2 atom stereocenters. The van der Waals surface area contributed by atoms with E-state index in [4.69, 9.17) is 5.11 Å². The van der Waals surface area contributed by atoms with E-state index in [-0.39, 0.29) is 30.0 Å². The predicted octanol–water partition coefficient (Wildman–Crippen LogP) is 2.72. The third kappa shape index (κ3) is 4.60. The van der Waals surface area contributed by atoms with Gasteiger partial charge in [0, 0.05) is 25.1 Å². The van der Waals surface area contributed by atoms with Crippen molar-refractivity contribution in [3.63, 3.8) is 0 Å². The lowest BCUT2D eigenvalue weighted by Gasteiger charge is -2.19. The summed E-state index contributed by atoms with van der Waals surface area (Å²) in [6.45, 7) is 7.19. The highest BCUT2D eigenvalue weighted by Crippen LogP contribution is 2.22. The van der Waals surface area contributed by atoms with Gasteiger partial charge in [-0.05, 0) is 23.0 Å². The van der Waals surface area contributed by atoms with Gasteiger partial charge in [0.15, 0.2) is 0 Å². The molecule has 0 bridgehead atoms. The van der Waals surface area contributed by atoms with Crippen molar-refractivity contribution in [2.45, 2.75) is 45.2 Å². The zero-order valence-corrected chi connectivity index (χ0v) is 13.6. The molecule has 4 nitrogen and oxygen atoms in total. The standard InChI is InChI=1S/C18H26N2O2/c1-18(2,3)15-7-4-13(5-8-15)11-19-17(22)20-16-9-6-14(10-16)12-21/h4-9,14,16,21H,10-12H2,1-3H3,(H2,19,20,22)/t14-,16+/m0/s1. The van der Waals surface area contributed by atoms with Crippen LogP contribution < -0.4 is 10.6 Å². The van der Waals surface area contributed by atoms with Crippen LogP contribution >= 0.6 is 0 Å². The van der Waals surface area contributed by atoms with Gasteiger partial charge in [-0.2, -0.15) is 0 Å². The van der Waals surface area contributed by atoms with E-state index in [2.05, 4.69) is 55.7 Å². The van der Waals surface area contributed by atoms with Crippen molar-refractivity contribution >= 4 is 6.03 Å². The Labute approximate surface area is 132 Å². The number of carbonyl (C=O) groups is 1. The van der Waals surface area contributed by atoms with Crippen LogP contribution in [-0.2, 0) is 12.0 Å². The van der Waals surface area contributed by atoms with Gasteiger partial charge in [-0.15, -0.1) is 0 Å². The summed E-state index contributed by atoms with van der Waals surface area (Å²) in [5, 5.41) is 14.8. The van der Waals surface area contributed by atoms with Gasteiger partial charge in [0.1, 0.15) is 0 Å². The Kier molecular flexibility index (Phi) is 5.24. The molecule has 0 heterocycles. The van der Waals surface area contributed by atoms with E-state index < -0.39 is 0 Å². The van der Waals surface area contributed by atoms with E-state index in [0.717, 1.165) is 12.0 Å². The SMILES string of the molecule is CC(C)(C)c1ccc(CNC(=O)N[C@@H]2C=C[C@H](CO)C2)cc1. The lowest BCUT2D eigenvalue weighted by atomic mass is 9.87. The average Bonchev–Trinajstić information content (AvgIpc) is 2.92. The molecule has 0 aliphatic heterocycles. The number of amides is 2. The molecule has 0 radical (unpaired) electrons. The third-order valence-corrected chi connectivity index (χ3v) is 4.00. The Bertz CT molecular complexity index is 529. The van der Waals surface area contributed by atoms with Crippen LogP contribution in [0.25, 0.3) is 0 Å². The first-order chi connectivity index (χ1) is 10.4. The van der Waals surface area contributed by atoms with Gasteiger partial charge in [-0.1, -0.05) is 57.2 Å². The molecule has 3 N–H and O–H groups in total. The van der Waals surface area contributed by atoms with Crippen LogP contribution in [0.5, 0.6) is 0 Å². The summed E-state index contributed by atoms with van der Waals surface area (Å²) in [6, 6.07) is 8.17. The Hall–Kier alpha value is -1.81. The van der Waals surface area contributed by atoms with Crippen molar-refractivity contribution in [3.8, 4) is 0 Å². The summed E-state index contributed by atoms with van der Waals surface area (Å²) in [5.41, 5.74) is 2.51. The van der Waals surface area contributed by atoms with Crippen molar-refractivity contribution in [2.24, 2.45) is 5.92 Å². The number of nitrogens with one attached hydrogen (secondary N) is 2. The summed E-state index contributed by atoms with van der Waals surface area (Å²) in [7, 11) is 0. The molecule has 0 aromatic heterocycles. The third-order valence-electron chi connectivity index (χ3n) is 4.00. The monoisotopic (exact) mass is 302 g/mol. The maximum atomic E-state index is 11.9. The second-order valence-corrected chi connectivity index (χ2v) is 6.94. The quantitative estimate of drug-likeness (QED) is 0.749. The molecule has 2 amide bonds. The molecule has 0 saturated heterocycles. The first kappa shape index (κ1) is 16.6. The van der Waals surface area contributed by atoms with Gasteiger partial charge in [-0.3, -0.25) is 0 Å². The summed E-state index contributed by atoms with van der Waals surface area (Å²) in [4.78, 5) is 11.9. The summed E-state index contributed by atoms with van der Waals surface area (Å²) < 4.78 is 0. The maximum Gasteiger partial charge on any atom is 0.315 e. The molecule has 2 rings (SSSR count). The van der Waals surface area contributed by atoms with Crippen LogP contribution in [0, 0.1) is 5.92 Å². The van der Waals surface area contributed by atoms with Gasteiger partial charge in [0.25, 0.3) is 0 Å². The van der Waals surface area contributed by atoms with Crippen LogP contribution in [0.4, 0.5) is 4.79 Å². The summed E-state index contributed by atoms with van der Waals surface area (Å²) in [6.07, 6.45) is 4.67. The highest BCUT2D eigenvalue weighted by atomic mass is 16.3. The predicted molar refractivity (Wildman–Crippen MR) is 88.6 cm³/mol. The summed E-state index contributed by atoms with van der Waals surface area (Å²) in [5.74, 6) is 0.162. The van der Waals surface area contributed by atoms with E-state index in [1.807, 2.05) is 12.2 Å². The molecule has 0 fully saturated rings. The first-order valence-corrected chi connectivity index (χ1v) is 7.81. The minimum Gasteiger partial charge on any atom is -0.396 e. The Balaban J connectivity index is 1.78. The minimum atomic E-state index is -0.173. The van der Waals surface area contributed by atoms with Gasteiger partial charge >= 0.3 is 6.03 Å². The van der Waals surface area contributed by atoms with Crippen LogP contribution in [0.15, 0.2) is 36.4 Å². The molecule has 0 unspecified atom stereocenters. The van der Waals surface area contributed by atoms with E-state index >= 15 is 0 Å². The smallest absolute Gasteiger partial charge is 0.315 e. The van der Waals surface area contributed by atoms with Crippen molar-refractivity contribution in [2.75, 3.05) is 6.61 Å². The van der Waals surface area contributed by atoms with Crippen molar-refractivity contribution < 1.29 is 9.90 Å². The van der Waals surface area contributed by atoms with Crippen LogP contribution in [0.2, 0.25) is 0 Å². The molecule has 0 saturated carbocycles. The second-order valence-electron chi connectivity index (χ2n) is 6.94. The average molecular weight is 302 g/mol. The topological polar surface area (TPSA) is 61.4 Å². The fourth-order valence-electron chi connectivity index (χ4n) is 2.54. The van der Waals surface area contributed by atoms with Gasteiger partial charge in [-0.25, -0.2) is 4.79 Å². The zero-order valence-electron chi connectivity index (χ0n) is 13.6. The number of benzene rings is 1. The first-order valence-electron chi connectivity index (χ1n) is 7.81. The van der Waals surface area contributed by atoms with E-state index in [9.17, 15) is 4.79 Å². The molecular formula is C18H26N2O2. The Morgan fingerprint density at radius 3 is 2.45 bits per heavy atom. The van der Waals surface area contributed by atoms with Crippen molar-refractivity contribution in [1.29, 1.82) is 0 Å². The largest absolute Gasteiger partial charge is 0.396 e. The van der Waals surface area contributed by atoms with Gasteiger partial charge in [0.05, 0.1) is 0 Å². The van der Waals surface area contributed by atoms with Crippen molar-refractivity contribution in [3.05, 3.63) is 47.5 Å². The number of aliphatic hydroxyl groups is 1. The normalized spacial score (nSPS) is 20.9. The Morgan fingerprint density at radius 1 is 1.23 bits per heavy atom. The minimum absolute atomic E-state index is 0.0143. The lowest BCUT2D eigenvalue weighted by Crippen LogP contribution is -2.40. The fraction of sp³-hybridized carbons (Fsp3) is 0.500. The second kappa shape index (κ2) is 6.97. The molecule has 1 aliphatic rings. The van der Waals surface area contributed by atoms with E-state index in [1.165, 1.54) is 5.56 Å². The van der Waals surface area contributed by atoms with Crippen LogP contribution in [0.3, 0.4) is 0 Å². The molecule has 22 heavy (non-hydrogen) atoms. The lowest BCUT2D eigenvalue weighted by molar-refractivity contribution is 0.231. The molecule has 0 spiro atoms. The fourth-order valence-corrected chi connectivity index (χ4v) is 2.54. The van der Waals surface area contributed by atoms with Gasteiger partial charge < -0.3 is 15.7 Å².